The molecule has 3 aromatic rings. The highest BCUT2D eigenvalue weighted by atomic mass is 35.5. The van der Waals surface area contributed by atoms with Gasteiger partial charge in [0.25, 0.3) is 0 Å². The number of halogens is 1. The first-order valence-electron chi connectivity index (χ1n) is 6.57. The quantitative estimate of drug-likeness (QED) is 0.402. The Labute approximate surface area is 151 Å². The zero-order valence-corrected chi connectivity index (χ0v) is 14.9. The van der Waals surface area contributed by atoms with Gasteiger partial charge in [0.1, 0.15) is 15.8 Å². The second-order valence-electron chi connectivity index (χ2n) is 4.88. The van der Waals surface area contributed by atoms with Crippen LogP contribution in [0.15, 0.2) is 39.5 Å². The first-order chi connectivity index (χ1) is 11.8. The van der Waals surface area contributed by atoms with Crippen LogP contribution in [0.4, 0.5) is 16.4 Å². The molecule has 126 valence electrons. The summed E-state index contributed by atoms with van der Waals surface area (Å²) in [7, 11) is -3.60. The van der Waals surface area contributed by atoms with Crippen LogP contribution in [-0.4, -0.2) is 29.1 Å². The molecule has 0 bridgehead atoms. The summed E-state index contributed by atoms with van der Waals surface area (Å²) in [6.07, 6.45) is 2.43. The van der Waals surface area contributed by atoms with Crippen molar-refractivity contribution >= 4 is 60.2 Å². The third-order valence-corrected chi connectivity index (χ3v) is 5.30. The van der Waals surface area contributed by atoms with E-state index in [1.165, 1.54) is 24.4 Å². The van der Waals surface area contributed by atoms with Crippen molar-refractivity contribution in [2.75, 3.05) is 6.26 Å². The monoisotopic (exact) mass is 393 g/mol. The molecule has 0 aliphatic carbocycles. The van der Waals surface area contributed by atoms with Crippen molar-refractivity contribution in [1.29, 1.82) is 0 Å². The van der Waals surface area contributed by atoms with E-state index in [1.807, 2.05) is 0 Å². The number of benzene rings is 1. The predicted octanol–water partition coefficient (Wildman–Crippen LogP) is 4.42. The maximum atomic E-state index is 11.6. The van der Waals surface area contributed by atoms with E-state index in [1.54, 1.807) is 0 Å². The predicted molar refractivity (Wildman–Crippen MR) is 94.1 cm³/mol. The molecule has 0 atom stereocenters. The lowest BCUT2D eigenvalue weighted by atomic mass is 10.3. The van der Waals surface area contributed by atoms with E-state index < -0.39 is 9.84 Å². The minimum Gasteiger partial charge on any atom is -0.507 e. The number of hydrogen-bond donors (Lipinski definition) is 1. The lowest BCUT2D eigenvalue weighted by molar-refractivity contribution is 0.459. The van der Waals surface area contributed by atoms with Gasteiger partial charge in [-0.15, -0.1) is 10.2 Å². The van der Waals surface area contributed by atoms with Crippen molar-refractivity contribution in [3.05, 3.63) is 41.0 Å². The fraction of sp³-hybridized carbons (Fsp3) is 0.0714. The molecule has 0 saturated carbocycles. The van der Waals surface area contributed by atoms with Gasteiger partial charge < -0.3 is 5.11 Å². The second kappa shape index (κ2) is 6.36. The Kier molecular flexibility index (Phi) is 4.38. The van der Waals surface area contributed by atoms with Gasteiger partial charge in [-0.3, -0.25) is 4.98 Å². The third-order valence-electron chi connectivity index (χ3n) is 3.15. The van der Waals surface area contributed by atoms with Gasteiger partial charge in [-0.2, -0.15) is 0 Å². The number of sulfone groups is 1. The molecule has 0 unspecified atom stereocenters. The number of hydrogen-bond acceptors (Lipinski definition) is 8. The number of phenols is 1. The standard InChI is InChI=1S/C14H8ClN5O3S2/c1-16-12-11-8(6-17-13(12)15)14(24-20-11)19-18-7-3-4-9(21)10(5-7)25(2,22)23/h3-6,21H,2H3. The molecule has 25 heavy (non-hydrogen) atoms. The summed E-state index contributed by atoms with van der Waals surface area (Å²) in [6, 6.07) is 3.88. The molecule has 0 spiro atoms. The minimum absolute atomic E-state index is 0.0626. The molecule has 0 aliphatic heterocycles. The van der Waals surface area contributed by atoms with Crippen molar-refractivity contribution < 1.29 is 13.5 Å². The van der Waals surface area contributed by atoms with Crippen LogP contribution in [0.5, 0.6) is 5.75 Å². The SMILES string of the molecule is [C-]#[N+]c1c(Cl)ncc2c(N=Nc3ccc(O)c(S(C)(=O)=O)c3)snc12. The van der Waals surface area contributed by atoms with Gasteiger partial charge >= 0.3 is 0 Å². The van der Waals surface area contributed by atoms with E-state index >= 15 is 0 Å². The molecule has 8 nitrogen and oxygen atoms in total. The number of rotatable bonds is 3. The maximum absolute atomic E-state index is 11.6. The van der Waals surface area contributed by atoms with E-state index in [0.29, 0.717) is 15.9 Å². The summed E-state index contributed by atoms with van der Waals surface area (Å²) in [5, 5.41) is 18.6. The molecule has 3 rings (SSSR count). The van der Waals surface area contributed by atoms with Gasteiger partial charge in [0, 0.05) is 17.8 Å². The fourth-order valence-corrected chi connectivity index (χ4v) is 3.64. The summed E-state index contributed by atoms with van der Waals surface area (Å²) < 4.78 is 27.4. The number of phenolic OH excluding ortho intramolecular Hbond substituents is 1. The summed E-state index contributed by atoms with van der Waals surface area (Å²) in [5.41, 5.74) is 0.768. The molecular formula is C14H8ClN5O3S2. The number of nitrogens with zero attached hydrogens (tertiary/aromatic N) is 5. The van der Waals surface area contributed by atoms with Gasteiger partial charge in [0.15, 0.2) is 14.8 Å². The zero-order chi connectivity index (χ0) is 18.2. The molecule has 11 heteroatoms. The van der Waals surface area contributed by atoms with Crippen LogP contribution >= 0.6 is 23.1 Å². The Bertz CT molecular complexity index is 1170. The van der Waals surface area contributed by atoms with Crippen LogP contribution in [0.2, 0.25) is 5.15 Å². The highest BCUT2D eigenvalue weighted by Gasteiger charge is 2.15. The van der Waals surface area contributed by atoms with Gasteiger partial charge in [-0.25, -0.2) is 17.6 Å². The largest absolute Gasteiger partial charge is 0.507 e. The van der Waals surface area contributed by atoms with Crippen molar-refractivity contribution in [2.24, 2.45) is 10.2 Å². The van der Waals surface area contributed by atoms with Crippen LogP contribution in [0.1, 0.15) is 0 Å². The Balaban J connectivity index is 2.04. The number of pyridine rings is 1. The summed E-state index contributed by atoms with van der Waals surface area (Å²) >= 11 is 6.88. The number of fused-ring (bicyclic) bond motifs is 1. The molecule has 2 heterocycles. The molecule has 1 aromatic carbocycles. The number of aromatic hydroxyl groups is 1. The normalized spacial score (nSPS) is 11.9. The van der Waals surface area contributed by atoms with Crippen LogP contribution < -0.4 is 0 Å². The van der Waals surface area contributed by atoms with E-state index in [-0.39, 0.29) is 27.2 Å². The average Bonchev–Trinajstić information content (AvgIpc) is 2.96. The Morgan fingerprint density at radius 3 is 2.80 bits per heavy atom. The lowest BCUT2D eigenvalue weighted by Gasteiger charge is -2.02. The van der Waals surface area contributed by atoms with Gasteiger partial charge in [-0.05, 0) is 29.7 Å². The topological polar surface area (TPSA) is 109 Å². The van der Waals surface area contributed by atoms with E-state index in [4.69, 9.17) is 18.2 Å². The molecule has 0 fully saturated rings. The minimum atomic E-state index is -3.60. The van der Waals surface area contributed by atoms with Crippen LogP contribution in [0.25, 0.3) is 15.7 Å². The van der Waals surface area contributed by atoms with E-state index in [0.717, 1.165) is 17.8 Å². The third kappa shape index (κ3) is 3.30. The van der Waals surface area contributed by atoms with E-state index in [9.17, 15) is 13.5 Å². The van der Waals surface area contributed by atoms with Gasteiger partial charge in [0.2, 0.25) is 5.69 Å². The molecular weight excluding hydrogens is 386 g/mol. The van der Waals surface area contributed by atoms with Crippen LogP contribution in [0, 0.1) is 6.57 Å². The first-order valence-corrected chi connectivity index (χ1v) is 9.61. The van der Waals surface area contributed by atoms with Crippen molar-refractivity contribution in [1.82, 2.24) is 9.36 Å². The summed E-state index contributed by atoms with van der Waals surface area (Å²) in [4.78, 5) is 7.01. The second-order valence-corrected chi connectivity index (χ2v) is 7.98. The van der Waals surface area contributed by atoms with Gasteiger partial charge in [-0.1, -0.05) is 11.6 Å². The fourth-order valence-electron chi connectivity index (χ4n) is 1.99. The zero-order valence-electron chi connectivity index (χ0n) is 12.5. The molecule has 2 aromatic heterocycles. The van der Waals surface area contributed by atoms with Gasteiger partial charge in [0.05, 0.1) is 17.8 Å². The highest BCUT2D eigenvalue weighted by Crippen LogP contribution is 2.39. The molecule has 1 N–H and O–H groups in total. The molecule has 0 aliphatic rings. The molecule has 0 saturated heterocycles. The number of aromatic nitrogens is 2. The Morgan fingerprint density at radius 1 is 1.36 bits per heavy atom. The molecule has 0 amide bonds. The van der Waals surface area contributed by atoms with Crippen LogP contribution in [0.3, 0.4) is 0 Å². The Morgan fingerprint density at radius 2 is 2.12 bits per heavy atom. The average molecular weight is 394 g/mol. The van der Waals surface area contributed by atoms with Crippen molar-refractivity contribution in [2.45, 2.75) is 4.90 Å². The maximum Gasteiger partial charge on any atom is 0.250 e. The van der Waals surface area contributed by atoms with Crippen molar-refractivity contribution in [3.63, 3.8) is 0 Å². The van der Waals surface area contributed by atoms with Crippen LogP contribution in [-0.2, 0) is 9.84 Å². The lowest BCUT2D eigenvalue weighted by Crippen LogP contribution is -1.96. The summed E-state index contributed by atoms with van der Waals surface area (Å²) in [6.45, 7) is 7.15. The Hall–Kier alpha value is -2.61. The molecule has 0 radical (unpaired) electrons. The van der Waals surface area contributed by atoms with E-state index in [2.05, 4.69) is 24.4 Å². The van der Waals surface area contributed by atoms with Crippen molar-refractivity contribution in [3.8, 4) is 5.75 Å². The number of azo groups is 1. The highest BCUT2D eigenvalue weighted by molar-refractivity contribution is 7.90. The summed E-state index contributed by atoms with van der Waals surface area (Å²) in [5.74, 6) is -0.356. The smallest absolute Gasteiger partial charge is 0.250 e. The first kappa shape index (κ1) is 17.2.